The molecule has 2 atom stereocenters. The van der Waals surface area contributed by atoms with Crippen LogP contribution < -0.4 is 5.32 Å². The van der Waals surface area contributed by atoms with Gasteiger partial charge in [0.2, 0.25) is 0 Å². The third kappa shape index (κ3) is 4.39. The van der Waals surface area contributed by atoms with Gasteiger partial charge >= 0.3 is 6.09 Å². The lowest BCUT2D eigenvalue weighted by Crippen LogP contribution is -2.47. The third-order valence-electron chi connectivity index (χ3n) is 3.06. The molecule has 2 N–H and O–H groups in total. The fourth-order valence-electron chi connectivity index (χ4n) is 2.24. The maximum atomic E-state index is 12.1. The second-order valence-electron chi connectivity index (χ2n) is 4.81. The van der Waals surface area contributed by atoms with E-state index in [1.165, 1.54) is 0 Å². The van der Waals surface area contributed by atoms with Gasteiger partial charge in [0.15, 0.2) is 10.6 Å². The molecule has 1 aromatic rings. The molecule has 110 valence electrons. The number of rotatable bonds is 6. The van der Waals surface area contributed by atoms with E-state index in [2.05, 4.69) is 5.32 Å². The molecule has 1 amide bonds. The van der Waals surface area contributed by atoms with Crippen LogP contribution in [0.1, 0.15) is 25.3 Å². The number of amides is 1. The van der Waals surface area contributed by atoms with Crippen molar-refractivity contribution in [1.82, 2.24) is 5.32 Å². The normalized spacial score (nSPS) is 14.1. The summed E-state index contributed by atoms with van der Waals surface area (Å²) in [6, 6.07) is 8.26. The molecule has 20 heavy (non-hydrogen) atoms. The zero-order valence-corrected chi connectivity index (χ0v) is 12.7. The van der Waals surface area contributed by atoms with Crippen molar-refractivity contribution in [3.05, 3.63) is 35.9 Å². The van der Waals surface area contributed by atoms with Crippen LogP contribution in [0.25, 0.3) is 0 Å². The number of hydrogen-bond donors (Lipinski definition) is 2. The van der Waals surface area contributed by atoms with Crippen LogP contribution in [0, 0.1) is 5.92 Å². The second kappa shape index (κ2) is 7.50. The Morgan fingerprint density at radius 1 is 1.15 bits per heavy atom. The highest BCUT2D eigenvalue weighted by Gasteiger charge is 2.35. The average Bonchev–Trinajstić information content (AvgIpc) is 2.37. The summed E-state index contributed by atoms with van der Waals surface area (Å²) in [7, 11) is 0. The molecule has 0 aliphatic heterocycles. The molecule has 6 heteroatoms. The van der Waals surface area contributed by atoms with Crippen LogP contribution in [-0.4, -0.2) is 27.9 Å². The van der Waals surface area contributed by atoms with Gasteiger partial charge in [-0.25, -0.2) is 4.79 Å². The Morgan fingerprint density at radius 2 is 1.70 bits per heavy atom. The Labute approximate surface area is 128 Å². The topological polar surface area (TPSA) is 66.4 Å². The molecule has 0 radical (unpaired) electrons. The molecule has 4 nitrogen and oxygen atoms in total. The van der Waals surface area contributed by atoms with Crippen molar-refractivity contribution in [3.63, 3.8) is 0 Å². The number of ketones is 1. The van der Waals surface area contributed by atoms with E-state index in [0.29, 0.717) is 0 Å². The standard InChI is InChI=1S/C14H17Cl2NO3/c1-8(2)10(9-6-4-3-5-7-9)11(17-14(19)20)12(18)13(15)16/h3-8,10-11,13,17H,1-2H3,(H,19,20). The molecule has 0 fully saturated rings. The first-order valence-corrected chi connectivity index (χ1v) is 7.08. The molecule has 2 unspecified atom stereocenters. The SMILES string of the molecule is CC(C)C(c1ccccc1)C(NC(=O)O)C(=O)C(Cl)Cl. The van der Waals surface area contributed by atoms with Crippen molar-refractivity contribution < 1.29 is 14.7 Å². The van der Waals surface area contributed by atoms with Gasteiger partial charge in [-0.3, -0.25) is 4.79 Å². The summed E-state index contributed by atoms with van der Waals surface area (Å²) >= 11 is 11.3. The lowest BCUT2D eigenvalue weighted by Gasteiger charge is -2.29. The molecule has 1 aromatic carbocycles. The highest BCUT2D eigenvalue weighted by atomic mass is 35.5. The van der Waals surface area contributed by atoms with Crippen LogP contribution in [0.4, 0.5) is 4.79 Å². The van der Waals surface area contributed by atoms with Crippen LogP contribution in [0.5, 0.6) is 0 Å². The van der Waals surface area contributed by atoms with Crippen LogP contribution >= 0.6 is 23.2 Å². The monoisotopic (exact) mass is 317 g/mol. The molecular weight excluding hydrogens is 301 g/mol. The number of alkyl halides is 2. The van der Waals surface area contributed by atoms with E-state index in [1.54, 1.807) is 0 Å². The minimum absolute atomic E-state index is 0.0327. The summed E-state index contributed by atoms with van der Waals surface area (Å²) in [4.78, 5) is 21.8. The van der Waals surface area contributed by atoms with Gasteiger partial charge in [-0.1, -0.05) is 67.4 Å². The van der Waals surface area contributed by atoms with Crippen molar-refractivity contribution >= 4 is 35.1 Å². The number of nitrogens with one attached hydrogen (secondary N) is 1. The lowest BCUT2D eigenvalue weighted by atomic mass is 9.81. The van der Waals surface area contributed by atoms with Crippen molar-refractivity contribution in [3.8, 4) is 0 Å². The first-order chi connectivity index (χ1) is 9.34. The van der Waals surface area contributed by atoms with Gasteiger partial charge in [0.25, 0.3) is 0 Å². The van der Waals surface area contributed by atoms with E-state index >= 15 is 0 Å². The van der Waals surface area contributed by atoms with Crippen molar-refractivity contribution in [2.45, 2.75) is 30.6 Å². The largest absolute Gasteiger partial charge is 0.465 e. The van der Waals surface area contributed by atoms with E-state index in [1.807, 2.05) is 44.2 Å². The minimum Gasteiger partial charge on any atom is -0.465 e. The van der Waals surface area contributed by atoms with Crippen molar-refractivity contribution in [1.29, 1.82) is 0 Å². The summed E-state index contributed by atoms with van der Waals surface area (Å²) < 4.78 is 0. The fraction of sp³-hybridized carbons (Fsp3) is 0.429. The van der Waals surface area contributed by atoms with E-state index < -0.39 is 22.8 Å². The average molecular weight is 318 g/mol. The van der Waals surface area contributed by atoms with Gasteiger partial charge in [-0.15, -0.1) is 0 Å². The minimum atomic E-state index is -1.28. The number of benzene rings is 1. The Hall–Kier alpha value is -1.26. The molecule has 0 aliphatic rings. The van der Waals surface area contributed by atoms with Crippen LogP contribution in [-0.2, 0) is 4.79 Å². The number of carbonyl (C=O) groups excluding carboxylic acids is 1. The van der Waals surface area contributed by atoms with Gasteiger partial charge in [0.05, 0.1) is 0 Å². The van der Waals surface area contributed by atoms with Gasteiger partial charge in [-0.2, -0.15) is 0 Å². The third-order valence-corrected chi connectivity index (χ3v) is 3.49. The van der Waals surface area contributed by atoms with Crippen LogP contribution in [0.3, 0.4) is 0 Å². The van der Waals surface area contributed by atoms with Crippen LogP contribution in [0.15, 0.2) is 30.3 Å². The highest BCUT2D eigenvalue weighted by Crippen LogP contribution is 2.30. The van der Waals surface area contributed by atoms with E-state index in [4.69, 9.17) is 28.3 Å². The Kier molecular flexibility index (Phi) is 6.30. The Morgan fingerprint density at radius 3 is 2.10 bits per heavy atom. The number of Topliss-reactive ketones (excluding diaryl/α,β-unsaturated/α-hetero) is 1. The molecule has 0 saturated carbocycles. The Bertz CT molecular complexity index is 463. The van der Waals surface area contributed by atoms with Crippen molar-refractivity contribution in [2.24, 2.45) is 5.92 Å². The van der Waals surface area contributed by atoms with Crippen molar-refractivity contribution in [2.75, 3.05) is 0 Å². The first kappa shape index (κ1) is 16.8. The molecular formula is C14H17Cl2NO3. The van der Waals surface area contributed by atoms with Gasteiger partial charge in [-0.05, 0) is 11.5 Å². The summed E-state index contributed by atoms with van der Waals surface area (Å²) in [6.45, 7) is 3.83. The summed E-state index contributed by atoms with van der Waals surface area (Å²) in [6.07, 6.45) is -1.28. The van der Waals surface area contributed by atoms with E-state index in [-0.39, 0.29) is 11.8 Å². The van der Waals surface area contributed by atoms with E-state index in [9.17, 15) is 9.59 Å². The molecule has 0 aliphatic carbocycles. The predicted octanol–water partition coefficient (Wildman–Crippen LogP) is 3.44. The smallest absolute Gasteiger partial charge is 0.405 e. The van der Waals surface area contributed by atoms with Gasteiger partial charge in [0.1, 0.15) is 6.04 Å². The maximum Gasteiger partial charge on any atom is 0.405 e. The number of hydrogen-bond acceptors (Lipinski definition) is 2. The maximum absolute atomic E-state index is 12.1. The molecule has 0 spiro atoms. The number of carbonyl (C=O) groups is 2. The van der Waals surface area contributed by atoms with Gasteiger partial charge in [0, 0.05) is 5.92 Å². The Balaban J connectivity index is 3.18. The number of halogens is 2. The summed E-state index contributed by atoms with van der Waals surface area (Å²) in [5.41, 5.74) is 0.864. The quantitative estimate of drug-likeness (QED) is 0.790. The van der Waals surface area contributed by atoms with Crippen LogP contribution in [0.2, 0.25) is 0 Å². The zero-order chi connectivity index (χ0) is 15.3. The summed E-state index contributed by atoms with van der Waals surface area (Å²) in [5.74, 6) is -0.844. The highest BCUT2D eigenvalue weighted by molar-refractivity contribution is 6.54. The van der Waals surface area contributed by atoms with E-state index in [0.717, 1.165) is 5.56 Å². The lowest BCUT2D eigenvalue weighted by molar-refractivity contribution is -0.120. The molecule has 0 aromatic heterocycles. The number of carboxylic acid groups (broad SMARTS) is 1. The molecule has 1 rings (SSSR count). The second-order valence-corrected chi connectivity index (χ2v) is 5.91. The molecule has 0 saturated heterocycles. The molecule has 0 bridgehead atoms. The first-order valence-electron chi connectivity index (χ1n) is 6.21. The fourth-order valence-corrected chi connectivity index (χ4v) is 2.52. The summed E-state index contributed by atoms with van der Waals surface area (Å²) in [5, 5.41) is 11.2. The molecule has 0 heterocycles. The zero-order valence-electron chi connectivity index (χ0n) is 11.2. The van der Waals surface area contributed by atoms with Gasteiger partial charge < -0.3 is 10.4 Å². The predicted molar refractivity (Wildman–Crippen MR) is 79.5 cm³/mol.